The van der Waals surface area contributed by atoms with Crippen LogP contribution in [0.1, 0.15) is 50.3 Å². The summed E-state index contributed by atoms with van der Waals surface area (Å²) in [6.07, 6.45) is 11.3. The summed E-state index contributed by atoms with van der Waals surface area (Å²) in [7, 11) is 1.83. The van der Waals surface area contributed by atoms with Crippen molar-refractivity contribution >= 4 is 11.7 Å². The van der Waals surface area contributed by atoms with Crippen molar-refractivity contribution in [1.82, 2.24) is 34.8 Å². The Bertz CT molecular complexity index is 965. The number of likely N-dealkylation sites (tertiary alicyclic amines) is 1. The molecular formula is C19H24N8O2. The molecule has 0 aliphatic carbocycles. The zero-order valence-electron chi connectivity index (χ0n) is 16.6. The average Bonchev–Trinajstić information content (AvgIpc) is 3.31. The maximum atomic E-state index is 13.0. The highest BCUT2D eigenvalue weighted by Crippen LogP contribution is 2.30. The Morgan fingerprint density at radius 1 is 1.24 bits per heavy atom. The third-order valence-corrected chi connectivity index (χ3v) is 4.98. The molecule has 1 saturated heterocycles. The van der Waals surface area contributed by atoms with Gasteiger partial charge in [-0.2, -0.15) is 10.1 Å². The van der Waals surface area contributed by atoms with Gasteiger partial charge < -0.3 is 14.7 Å². The van der Waals surface area contributed by atoms with Crippen molar-refractivity contribution in [3.63, 3.8) is 0 Å². The second-order valence-corrected chi connectivity index (χ2v) is 7.09. The van der Waals surface area contributed by atoms with Crippen LogP contribution >= 0.6 is 0 Å². The summed E-state index contributed by atoms with van der Waals surface area (Å²) in [5.41, 5.74) is 1.32. The van der Waals surface area contributed by atoms with E-state index < -0.39 is 0 Å². The van der Waals surface area contributed by atoms with Gasteiger partial charge in [-0.1, -0.05) is 24.9 Å². The number of carbonyl (C=O) groups is 1. The highest BCUT2D eigenvalue weighted by Gasteiger charge is 2.31. The largest absolute Gasteiger partial charge is 0.334 e. The van der Waals surface area contributed by atoms with E-state index >= 15 is 0 Å². The third-order valence-electron chi connectivity index (χ3n) is 4.98. The molecule has 0 saturated carbocycles. The lowest BCUT2D eigenvalue weighted by atomic mass is 10.1. The minimum Gasteiger partial charge on any atom is -0.334 e. The van der Waals surface area contributed by atoms with Gasteiger partial charge in [-0.05, 0) is 12.8 Å². The zero-order valence-corrected chi connectivity index (χ0v) is 16.6. The maximum Gasteiger partial charge on any atom is 0.322 e. The Morgan fingerprint density at radius 3 is 2.79 bits per heavy atom. The first kappa shape index (κ1) is 19.0. The Kier molecular flexibility index (Phi) is 5.50. The van der Waals surface area contributed by atoms with Crippen LogP contribution in [0.15, 0.2) is 29.3 Å². The Hall–Kier alpha value is -3.30. The van der Waals surface area contributed by atoms with E-state index in [1.165, 1.54) is 0 Å². The van der Waals surface area contributed by atoms with Crippen molar-refractivity contribution in [1.29, 1.82) is 0 Å². The molecule has 10 nitrogen and oxygen atoms in total. The highest BCUT2D eigenvalue weighted by atomic mass is 16.5. The molecule has 2 amide bonds. The normalized spacial score (nSPS) is 17.2. The summed E-state index contributed by atoms with van der Waals surface area (Å²) < 4.78 is 7.11. The van der Waals surface area contributed by atoms with Gasteiger partial charge in [0, 0.05) is 26.2 Å². The first-order chi connectivity index (χ1) is 14.1. The van der Waals surface area contributed by atoms with Gasteiger partial charge in [-0.25, -0.2) is 14.8 Å². The van der Waals surface area contributed by atoms with E-state index in [4.69, 9.17) is 4.52 Å². The summed E-state index contributed by atoms with van der Waals surface area (Å²) in [4.78, 5) is 27.8. The molecule has 0 radical (unpaired) electrons. The van der Waals surface area contributed by atoms with Gasteiger partial charge in [0.1, 0.15) is 5.82 Å². The van der Waals surface area contributed by atoms with Crippen LogP contribution in [0.2, 0.25) is 0 Å². The van der Waals surface area contributed by atoms with Crippen molar-refractivity contribution < 1.29 is 9.32 Å². The lowest BCUT2D eigenvalue weighted by Crippen LogP contribution is -2.38. The fraction of sp³-hybridized carbons (Fsp3) is 0.474. The van der Waals surface area contributed by atoms with E-state index in [0.29, 0.717) is 23.9 Å². The summed E-state index contributed by atoms with van der Waals surface area (Å²) in [5.74, 6) is 1.66. The number of hydrogen-bond acceptors (Lipinski definition) is 7. The second kappa shape index (κ2) is 8.38. The number of anilines is 1. The van der Waals surface area contributed by atoms with Crippen LogP contribution < -0.4 is 5.32 Å². The van der Waals surface area contributed by atoms with E-state index in [0.717, 1.165) is 43.5 Å². The van der Waals surface area contributed by atoms with Crippen molar-refractivity contribution in [3.05, 3.63) is 36.4 Å². The van der Waals surface area contributed by atoms with Crippen LogP contribution in [0, 0.1) is 0 Å². The van der Waals surface area contributed by atoms with Crippen molar-refractivity contribution in [2.75, 3.05) is 11.9 Å². The van der Waals surface area contributed by atoms with Crippen molar-refractivity contribution in [2.24, 2.45) is 7.05 Å². The number of rotatable bonds is 4. The monoisotopic (exact) mass is 396 g/mol. The molecule has 3 aromatic heterocycles. The molecule has 4 heterocycles. The van der Waals surface area contributed by atoms with Gasteiger partial charge >= 0.3 is 6.03 Å². The lowest BCUT2D eigenvalue weighted by molar-refractivity contribution is 0.185. The molecule has 0 aromatic carbocycles. The third kappa shape index (κ3) is 4.25. The van der Waals surface area contributed by atoms with Crippen LogP contribution in [0.25, 0.3) is 11.5 Å². The number of carbonyl (C=O) groups excluding carboxylic acids is 1. The summed E-state index contributed by atoms with van der Waals surface area (Å²) in [6, 6.07) is -0.458. The predicted molar refractivity (Wildman–Crippen MR) is 105 cm³/mol. The molecule has 10 heteroatoms. The summed E-state index contributed by atoms with van der Waals surface area (Å²) >= 11 is 0. The van der Waals surface area contributed by atoms with E-state index in [-0.39, 0.29) is 12.1 Å². The molecule has 1 unspecified atom stereocenters. The number of hydrogen-bond donors (Lipinski definition) is 1. The fourth-order valence-corrected chi connectivity index (χ4v) is 3.44. The average molecular weight is 396 g/mol. The van der Waals surface area contributed by atoms with E-state index in [9.17, 15) is 4.79 Å². The van der Waals surface area contributed by atoms with Gasteiger partial charge in [0.05, 0.1) is 35.9 Å². The predicted octanol–water partition coefficient (Wildman–Crippen LogP) is 2.97. The van der Waals surface area contributed by atoms with E-state index in [1.807, 2.05) is 20.2 Å². The lowest BCUT2D eigenvalue weighted by Gasteiger charge is -2.27. The maximum absolute atomic E-state index is 13.0. The van der Waals surface area contributed by atoms with Crippen LogP contribution in [-0.4, -0.2) is 47.4 Å². The van der Waals surface area contributed by atoms with Crippen molar-refractivity contribution in [3.8, 4) is 11.5 Å². The topological polar surface area (TPSA) is 115 Å². The molecule has 1 N–H and O–H groups in total. The summed E-state index contributed by atoms with van der Waals surface area (Å²) in [6.45, 7) is 2.61. The Labute approximate surface area is 168 Å². The van der Waals surface area contributed by atoms with Gasteiger partial charge in [0.2, 0.25) is 0 Å². The summed E-state index contributed by atoms with van der Waals surface area (Å²) in [5, 5.41) is 11.2. The molecule has 0 bridgehead atoms. The smallest absolute Gasteiger partial charge is 0.322 e. The Balaban J connectivity index is 1.54. The molecule has 152 valence electrons. The Morgan fingerprint density at radius 2 is 2.07 bits per heavy atom. The van der Waals surface area contributed by atoms with Crippen LogP contribution in [0.3, 0.4) is 0 Å². The van der Waals surface area contributed by atoms with Crippen LogP contribution in [-0.2, 0) is 13.5 Å². The van der Waals surface area contributed by atoms with Crippen LogP contribution in [0.4, 0.5) is 10.5 Å². The standard InChI is InChI=1S/C19H24N8O2/c1-3-16-20-10-14(11-21-16)23-19(28)27-8-6-4-5-7-15(27)17-24-18(29-25-17)13-9-22-26(2)12-13/h9-12,15H,3-8H2,1-2H3,(H,23,28). The number of nitrogens with zero attached hydrogens (tertiary/aromatic N) is 7. The molecule has 4 rings (SSSR count). The number of nitrogens with one attached hydrogen (secondary N) is 1. The SMILES string of the molecule is CCc1ncc(NC(=O)N2CCCCCC2c2noc(-c3cnn(C)c3)n2)cn1. The molecule has 1 fully saturated rings. The number of amides is 2. The first-order valence-corrected chi connectivity index (χ1v) is 9.85. The highest BCUT2D eigenvalue weighted by molar-refractivity contribution is 5.89. The quantitative estimate of drug-likeness (QED) is 0.721. The molecule has 1 aliphatic rings. The minimum absolute atomic E-state index is 0.211. The number of urea groups is 1. The van der Waals surface area contributed by atoms with Gasteiger partial charge in [-0.15, -0.1) is 0 Å². The molecule has 1 atom stereocenters. The van der Waals surface area contributed by atoms with Crippen molar-refractivity contribution in [2.45, 2.75) is 45.1 Å². The van der Waals surface area contributed by atoms with E-state index in [1.54, 1.807) is 28.2 Å². The zero-order chi connectivity index (χ0) is 20.2. The number of aromatic nitrogens is 6. The van der Waals surface area contributed by atoms with Crippen LogP contribution in [0.5, 0.6) is 0 Å². The number of aryl methyl sites for hydroxylation is 2. The molecular weight excluding hydrogens is 372 g/mol. The van der Waals surface area contributed by atoms with Gasteiger partial charge in [-0.3, -0.25) is 4.68 Å². The van der Waals surface area contributed by atoms with Gasteiger partial charge in [0.15, 0.2) is 5.82 Å². The minimum atomic E-state index is -0.248. The second-order valence-electron chi connectivity index (χ2n) is 7.09. The van der Waals surface area contributed by atoms with E-state index in [2.05, 4.69) is 30.5 Å². The van der Waals surface area contributed by atoms with Gasteiger partial charge in [0.25, 0.3) is 5.89 Å². The molecule has 0 spiro atoms. The fourth-order valence-electron chi connectivity index (χ4n) is 3.44. The first-order valence-electron chi connectivity index (χ1n) is 9.85. The molecule has 3 aromatic rings. The molecule has 29 heavy (non-hydrogen) atoms. The molecule has 1 aliphatic heterocycles.